The number of aromatic amines is 1. The third kappa shape index (κ3) is 3.78. The number of hydrogen-bond donors (Lipinski definition) is 1. The Hall–Kier alpha value is -2.30. The summed E-state index contributed by atoms with van der Waals surface area (Å²) in [5.74, 6) is 0. The van der Waals surface area contributed by atoms with Crippen molar-refractivity contribution in [1.29, 1.82) is 0 Å². The van der Waals surface area contributed by atoms with Crippen LogP contribution < -0.4 is 0 Å². The summed E-state index contributed by atoms with van der Waals surface area (Å²) in [6, 6.07) is 12.1. The van der Waals surface area contributed by atoms with Crippen LogP contribution in [0.15, 0.2) is 36.4 Å². The van der Waals surface area contributed by atoms with Gasteiger partial charge in [-0.2, -0.15) is 5.10 Å². The van der Waals surface area contributed by atoms with Gasteiger partial charge in [-0.1, -0.05) is 30.3 Å². The molecule has 0 bridgehead atoms. The average molecular weight is 327 g/mol. The van der Waals surface area contributed by atoms with E-state index in [-0.39, 0.29) is 12.1 Å². The van der Waals surface area contributed by atoms with Crippen LogP contribution in [0.1, 0.15) is 51.8 Å². The van der Waals surface area contributed by atoms with E-state index in [0.717, 1.165) is 42.8 Å². The molecular weight excluding hydrogens is 302 g/mol. The number of carbonyl (C=O) groups excluding carboxylic acids is 1. The number of amides is 1. The van der Waals surface area contributed by atoms with E-state index in [1.807, 2.05) is 62.1 Å². The molecule has 1 N–H and O–H groups in total. The van der Waals surface area contributed by atoms with Gasteiger partial charge >= 0.3 is 6.09 Å². The van der Waals surface area contributed by atoms with Gasteiger partial charge in [0.1, 0.15) is 5.60 Å². The summed E-state index contributed by atoms with van der Waals surface area (Å²) < 4.78 is 5.57. The van der Waals surface area contributed by atoms with Crippen molar-refractivity contribution >= 4 is 6.09 Å². The molecule has 0 aliphatic carbocycles. The van der Waals surface area contributed by atoms with Crippen LogP contribution in [-0.2, 0) is 4.74 Å². The number of H-pyrrole nitrogens is 1. The minimum Gasteiger partial charge on any atom is -0.444 e. The lowest BCUT2D eigenvalue weighted by Gasteiger charge is -2.36. The Morgan fingerprint density at radius 1 is 1.25 bits per heavy atom. The van der Waals surface area contributed by atoms with Gasteiger partial charge in [0.15, 0.2) is 0 Å². The zero-order chi connectivity index (χ0) is 17.2. The number of aromatic nitrogens is 2. The maximum Gasteiger partial charge on any atom is 0.410 e. The van der Waals surface area contributed by atoms with Crippen molar-refractivity contribution < 1.29 is 9.53 Å². The van der Waals surface area contributed by atoms with Gasteiger partial charge in [-0.05, 0) is 46.1 Å². The molecule has 128 valence electrons. The summed E-state index contributed by atoms with van der Waals surface area (Å²) in [6.07, 6.45) is 2.79. The first-order valence-electron chi connectivity index (χ1n) is 8.54. The second kappa shape index (κ2) is 6.67. The Morgan fingerprint density at radius 3 is 2.71 bits per heavy atom. The first-order valence-corrected chi connectivity index (χ1v) is 8.54. The van der Waals surface area contributed by atoms with E-state index in [2.05, 4.69) is 10.2 Å². The van der Waals surface area contributed by atoms with Crippen LogP contribution in [0.4, 0.5) is 4.79 Å². The SMILES string of the molecule is CC(C)(C)OC(=O)N1CCCC[C@H]1c1cc(-c2ccccc2)n[nH]1. The van der Waals surface area contributed by atoms with Crippen molar-refractivity contribution in [3.8, 4) is 11.3 Å². The van der Waals surface area contributed by atoms with Gasteiger partial charge in [-0.3, -0.25) is 10.00 Å². The Balaban J connectivity index is 1.81. The van der Waals surface area contributed by atoms with E-state index >= 15 is 0 Å². The summed E-state index contributed by atoms with van der Waals surface area (Å²) in [6.45, 7) is 6.41. The molecule has 1 aliphatic heterocycles. The number of hydrogen-bond acceptors (Lipinski definition) is 3. The molecule has 1 fully saturated rings. The number of ether oxygens (including phenoxy) is 1. The van der Waals surface area contributed by atoms with Gasteiger partial charge < -0.3 is 4.74 Å². The molecule has 1 aromatic heterocycles. The van der Waals surface area contributed by atoms with Crippen molar-refractivity contribution in [2.24, 2.45) is 0 Å². The van der Waals surface area contributed by atoms with E-state index in [4.69, 9.17) is 4.74 Å². The fraction of sp³-hybridized carbons (Fsp3) is 0.474. The molecule has 5 heteroatoms. The molecule has 1 atom stereocenters. The highest BCUT2D eigenvalue weighted by atomic mass is 16.6. The maximum atomic E-state index is 12.5. The van der Waals surface area contributed by atoms with Gasteiger partial charge in [-0.25, -0.2) is 4.79 Å². The number of nitrogens with zero attached hydrogens (tertiary/aromatic N) is 2. The summed E-state index contributed by atoms with van der Waals surface area (Å²) >= 11 is 0. The number of piperidine rings is 1. The third-order valence-electron chi connectivity index (χ3n) is 4.16. The largest absolute Gasteiger partial charge is 0.444 e. The number of carbonyl (C=O) groups is 1. The van der Waals surface area contributed by atoms with Crippen LogP contribution in [0.25, 0.3) is 11.3 Å². The van der Waals surface area contributed by atoms with Gasteiger partial charge in [0.25, 0.3) is 0 Å². The van der Waals surface area contributed by atoms with E-state index < -0.39 is 5.60 Å². The number of likely N-dealkylation sites (tertiary alicyclic amines) is 1. The lowest BCUT2D eigenvalue weighted by molar-refractivity contribution is 0.00900. The first kappa shape index (κ1) is 16.6. The zero-order valence-electron chi connectivity index (χ0n) is 14.6. The molecule has 24 heavy (non-hydrogen) atoms. The molecule has 2 aromatic rings. The van der Waals surface area contributed by atoms with E-state index in [1.54, 1.807) is 0 Å². The van der Waals surface area contributed by atoms with Gasteiger partial charge in [0.2, 0.25) is 0 Å². The van der Waals surface area contributed by atoms with Crippen molar-refractivity contribution in [2.45, 2.75) is 51.7 Å². The predicted octanol–water partition coefficient (Wildman–Crippen LogP) is 4.54. The summed E-state index contributed by atoms with van der Waals surface area (Å²) in [5.41, 5.74) is 2.46. The van der Waals surface area contributed by atoms with Crippen LogP contribution in [-0.4, -0.2) is 33.3 Å². The minimum absolute atomic E-state index is 0.00133. The third-order valence-corrected chi connectivity index (χ3v) is 4.16. The first-order chi connectivity index (χ1) is 11.4. The van der Waals surface area contributed by atoms with Crippen molar-refractivity contribution in [2.75, 3.05) is 6.54 Å². The van der Waals surface area contributed by atoms with Gasteiger partial charge in [0, 0.05) is 12.1 Å². The van der Waals surface area contributed by atoms with E-state index in [0.29, 0.717) is 0 Å². The molecule has 1 amide bonds. The zero-order valence-corrected chi connectivity index (χ0v) is 14.6. The van der Waals surface area contributed by atoms with Gasteiger partial charge in [0.05, 0.1) is 17.4 Å². The number of nitrogens with one attached hydrogen (secondary N) is 1. The Morgan fingerprint density at radius 2 is 2.00 bits per heavy atom. The second-order valence-electron chi connectivity index (χ2n) is 7.26. The monoisotopic (exact) mass is 327 g/mol. The van der Waals surface area contributed by atoms with Crippen LogP contribution in [0.3, 0.4) is 0 Å². The number of benzene rings is 1. The number of rotatable bonds is 2. The van der Waals surface area contributed by atoms with Crippen molar-refractivity contribution in [3.05, 3.63) is 42.1 Å². The summed E-state index contributed by atoms with van der Waals surface area (Å²) in [4.78, 5) is 14.4. The van der Waals surface area contributed by atoms with Crippen molar-refractivity contribution in [1.82, 2.24) is 15.1 Å². The second-order valence-corrected chi connectivity index (χ2v) is 7.26. The van der Waals surface area contributed by atoms with E-state index in [9.17, 15) is 4.79 Å². The fourth-order valence-corrected chi connectivity index (χ4v) is 3.06. The van der Waals surface area contributed by atoms with E-state index in [1.165, 1.54) is 0 Å². The minimum atomic E-state index is -0.484. The quantitative estimate of drug-likeness (QED) is 0.881. The van der Waals surface area contributed by atoms with Crippen LogP contribution >= 0.6 is 0 Å². The summed E-state index contributed by atoms with van der Waals surface area (Å²) in [5, 5.41) is 7.55. The highest BCUT2D eigenvalue weighted by molar-refractivity contribution is 5.69. The molecule has 1 aliphatic rings. The molecule has 0 radical (unpaired) electrons. The Labute approximate surface area is 143 Å². The predicted molar refractivity (Wildman–Crippen MR) is 93.6 cm³/mol. The van der Waals surface area contributed by atoms with Crippen LogP contribution in [0, 0.1) is 0 Å². The standard InChI is InChI=1S/C19H25N3O2/c1-19(2,3)24-18(23)22-12-8-7-11-17(22)16-13-15(20-21-16)14-9-5-4-6-10-14/h4-6,9-10,13,17H,7-8,11-12H2,1-3H3,(H,20,21)/t17-/m0/s1. The molecule has 3 rings (SSSR count). The molecular formula is C19H25N3O2. The summed E-state index contributed by atoms with van der Waals surface area (Å²) in [7, 11) is 0. The molecule has 0 saturated carbocycles. The highest BCUT2D eigenvalue weighted by Gasteiger charge is 2.32. The normalized spacial score (nSPS) is 18.5. The molecule has 1 saturated heterocycles. The van der Waals surface area contributed by atoms with Gasteiger partial charge in [-0.15, -0.1) is 0 Å². The topological polar surface area (TPSA) is 58.2 Å². The van der Waals surface area contributed by atoms with Crippen molar-refractivity contribution in [3.63, 3.8) is 0 Å². The lowest BCUT2D eigenvalue weighted by atomic mass is 9.99. The average Bonchev–Trinajstić information content (AvgIpc) is 3.04. The maximum absolute atomic E-state index is 12.5. The smallest absolute Gasteiger partial charge is 0.410 e. The Kier molecular flexibility index (Phi) is 4.60. The molecule has 0 spiro atoms. The van der Waals surface area contributed by atoms with Crippen LogP contribution in [0.2, 0.25) is 0 Å². The molecule has 5 nitrogen and oxygen atoms in total. The Bertz CT molecular complexity index is 688. The van der Waals surface area contributed by atoms with Crippen LogP contribution in [0.5, 0.6) is 0 Å². The molecule has 2 heterocycles. The highest BCUT2D eigenvalue weighted by Crippen LogP contribution is 2.32. The fourth-order valence-electron chi connectivity index (χ4n) is 3.06. The molecule has 0 unspecified atom stereocenters. The molecule has 1 aromatic carbocycles. The lowest BCUT2D eigenvalue weighted by Crippen LogP contribution is -2.42.